The number of carbonyl (C=O) groups is 1. The first kappa shape index (κ1) is 19.6. The number of likely N-dealkylation sites (tertiary alicyclic amines) is 1. The van der Waals surface area contributed by atoms with Crippen LogP contribution in [0.15, 0.2) is 60.8 Å². The number of hydrogen-bond acceptors (Lipinski definition) is 5. The lowest BCUT2D eigenvalue weighted by atomic mass is 9.80. The highest BCUT2D eigenvalue weighted by molar-refractivity contribution is 5.95. The number of para-hydroxylation sites is 2. The molecule has 7 heteroatoms. The summed E-state index contributed by atoms with van der Waals surface area (Å²) in [4.78, 5) is 15.4. The summed E-state index contributed by atoms with van der Waals surface area (Å²) in [5.74, 6) is 0.287. The second-order valence-corrected chi connectivity index (χ2v) is 8.50. The molecule has 1 saturated heterocycles. The summed E-state index contributed by atoms with van der Waals surface area (Å²) in [6.07, 6.45) is 3.99. The van der Waals surface area contributed by atoms with E-state index in [9.17, 15) is 9.90 Å². The van der Waals surface area contributed by atoms with E-state index >= 15 is 0 Å². The van der Waals surface area contributed by atoms with Crippen molar-refractivity contribution in [3.8, 4) is 17.2 Å². The Morgan fingerprint density at radius 2 is 1.84 bits per heavy atom. The minimum absolute atomic E-state index is 0.0188. The smallest absolute Gasteiger partial charge is 0.276 e. The Labute approximate surface area is 181 Å². The second kappa shape index (κ2) is 7.74. The molecule has 5 rings (SSSR count). The molecule has 1 atom stereocenters. The Morgan fingerprint density at radius 3 is 2.61 bits per heavy atom. The summed E-state index contributed by atoms with van der Waals surface area (Å²) in [7, 11) is 2.12. The van der Waals surface area contributed by atoms with Crippen molar-refractivity contribution in [2.24, 2.45) is 0 Å². The van der Waals surface area contributed by atoms with Gasteiger partial charge >= 0.3 is 0 Å². The number of fused-ring (bicyclic) bond motifs is 1. The quantitative estimate of drug-likeness (QED) is 0.682. The number of piperidine rings is 1. The summed E-state index contributed by atoms with van der Waals surface area (Å²) >= 11 is 0. The van der Waals surface area contributed by atoms with Gasteiger partial charge in [-0.1, -0.05) is 36.4 Å². The van der Waals surface area contributed by atoms with Gasteiger partial charge in [-0.25, -0.2) is 4.68 Å². The summed E-state index contributed by atoms with van der Waals surface area (Å²) in [5, 5.41) is 17.8. The third-order valence-electron chi connectivity index (χ3n) is 6.33. The molecule has 0 aliphatic carbocycles. The number of amides is 1. The van der Waals surface area contributed by atoms with Gasteiger partial charge in [0.1, 0.15) is 11.4 Å². The van der Waals surface area contributed by atoms with Crippen LogP contribution in [-0.4, -0.2) is 51.4 Å². The lowest BCUT2D eigenvalue weighted by Gasteiger charge is -2.46. The highest BCUT2D eigenvalue weighted by Gasteiger charge is 2.43. The van der Waals surface area contributed by atoms with E-state index < -0.39 is 5.91 Å². The van der Waals surface area contributed by atoms with Crippen molar-refractivity contribution in [3.63, 3.8) is 0 Å². The number of aromatic hydroxyl groups is 1. The molecule has 1 fully saturated rings. The molecular weight excluding hydrogens is 392 g/mol. The van der Waals surface area contributed by atoms with Gasteiger partial charge in [-0.15, -0.1) is 0 Å². The van der Waals surface area contributed by atoms with Crippen LogP contribution in [0.5, 0.6) is 11.5 Å². The van der Waals surface area contributed by atoms with Crippen LogP contribution in [0.3, 0.4) is 0 Å². The standard InChI is InChI=1S/C24H26N4O3/c1-27-13-11-24(12-14-27)15-19(18-9-5-6-10-21(18)31-24)25-23(30)22-20(29)16-28(26-22)17-7-3-2-4-8-17/h2-10,16,19,29H,11-15H2,1H3,(H,25,30). The van der Waals surface area contributed by atoms with E-state index in [-0.39, 0.29) is 23.1 Å². The average molecular weight is 418 g/mol. The van der Waals surface area contributed by atoms with Gasteiger partial charge in [0.25, 0.3) is 5.91 Å². The summed E-state index contributed by atoms with van der Waals surface area (Å²) < 4.78 is 7.98. The Hall–Kier alpha value is -3.32. The fraction of sp³-hybridized carbons (Fsp3) is 0.333. The molecule has 2 N–H and O–H groups in total. The molecule has 3 aromatic rings. The van der Waals surface area contributed by atoms with Crippen LogP contribution in [0.25, 0.3) is 5.69 Å². The largest absolute Gasteiger partial charge is 0.504 e. The zero-order valence-corrected chi connectivity index (χ0v) is 17.5. The van der Waals surface area contributed by atoms with Crippen molar-refractivity contribution in [1.82, 2.24) is 20.0 Å². The van der Waals surface area contributed by atoms with Gasteiger partial charge in [0.15, 0.2) is 11.4 Å². The van der Waals surface area contributed by atoms with Crippen LogP contribution in [0.1, 0.15) is 41.4 Å². The number of ether oxygens (including phenoxy) is 1. The Bertz CT molecular complexity index is 1090. The molecule has 31 heavy (non-hydrogen) atoms. The molecule has 1 amide bonds. The molecule has 2 aromatic carbocycles. The Kier molecular flexibility index (Phi) is 4.90. The van der Waals surface area contributed by atoms with Crippen LogP contribution in [0.2, 0.25) is 0 Å². The molecule has 160 valence electrons. The van der Waals surface area contributed by atoms with E-state index in [1.165, 1.54) is 10.9 Å². The molecule has 3 heterocycles. The first-order valence-electron chi connectivity index (χ1n) is 10.6. The Morgan fingerprint density at radius 1 is 1.13 bits per heavy atom. The molecule has 2 aliphatic heterocycles. The van der Waals surface area contributed by atoms with Crippen molar-refractivity contribution < 1.29 is 14.6 Å². The van der Waals surface area contributed by atoms with Gasteiger partial charge in [-0.3, -0.25) is 4.79 Å². The molecular formula is C24H26N4O3. The third-order valence-corrected chi connectivity index (χ3v) is 6.33. The number of rotatable bonds is 3. The number of benzene rings is 2. The van der Waals surface area contributed by atoms with Gasteiger partial charge < -0.3 is 20.1 Å². The summed E-state index contributed by atoms with van der Waals surface area (Å²) in [5.41, 5.74) is 1.47. The van der Waals surface area contributed by atoms with E-state index in [2.05, 4.69) is 22.4 Å². The van der Waals surface area contributed by atoms with Gasteiger partial charge in [0.2, 0.25) is 0 Å². The highest BCUT2D eigenvalue weighted by atomic mass is 16.5. The monoisotopic (exact) mass is 418 g/mol. The number of hydrogen-bond donors (Lipinski definition) is 2. The van der Waals surface area contributed by atoms with Crippen LogP contribution in [-0.2, 0) is 0 Å². The summed E-state index contributed by atoms with van der Waals surface area (Å²) in [6, 6.07) is 17.1. The number of nitrogens with zero attached hydrogens (tertiary/aromatic N) is 3. The maximum atomic E-state index is 13.1. The Balaban J connectivity index is 1.41. The SMILES string of the molecule is CN1CCC2(CC1)CC(NC(=O)c1nn(-c3ccccc3)cc1O)c1ccccc1O2. The molecule has 0 bridgehead atoms. The predicted molar refractivity (Wildman–Crippen MR) is 117 cm³/mol. The van der Waals surface area contributed by atoms with Crippen LogP contribution >= 0.6 is 0 Å². The molecule has 1 unspecified atom stereocenters. The van der Waals surface area contributed by atoms with Gasteiger partial charge in [0.05, 0.1) is 17.9 Å². The van der Waals surface area contributed by atoms with E-state index in [4.69, 9.17) is 4.74 Å². The van der Waals surface area contributed by atoms with Crippen LogP contribution in [0, 0.1) is 0 Å². The third kappa shape index (κ3) is 3.77. The molecule has 1 aromatic heterocycles. The topological polar surface area (TPSA) is 79.6 Å². The van der Waals surface area contributed by atoms with Crippen LogP contribution in [0.4, 0.5) is 0 Å². The number of nitrogens with one attached hydrogen (secondary N) is 1. The summed E-state index contributed by atoms with van der Waals surface area (Å²) in [6.45, 7) is 1.93. The first-order valence-corrected chi connectivity index (χ1v) is 10.6. The van der Waals surface area contributed by atoms with Crippen molar-refractivity contribution in [2.75, 3.05) is 20.1 Å². The van der Waals surface area contributed by atoms with E-state index in [0.29, 0.717) is 6.42 Å². The van der Waals surface area contributed by atoms with Crippen molar-refractivity contribution in [3.05, 3.63) is 72.1 Å². The maximum absolute atomic E-state index is 13.1. The van der Waals surface area contributed by atoms with Gasteiger partial charge in [-0.05, 0) is 38.1 Å². The highest BCUT2D eigenvalue weighted by Crippen LogP contribution is 2.44. The van der Waals surface area contributed by atoms with Crippen LogP contribution < -0.4 is 10.1 Å². The van der Waals surface area contributed by atoms with E-state index in [0.717, 1.165) is 42.9 Å². The predicted octanol–water partition coefficient (Wildman–Crippen LogP) is 3.30. The van der Waals surface area contributed by atoms with Gasteiger partial charge in [-0.2, -0.15) is 5.10 Å². The fourth-order valence-electron chi connectivity index (χ4n) is 4.55. The minimum atomic E-state index is -0.392. The first-order chi connectivity index (χ1) is 15.0. The van der Waals surface area contributed by atoms with E-state index in [1.807, 2.05) is 54.6 Å². The molecule has 1 spiro atoms. The lowest BCUT2D eigenvalue weighted by molar-refractivity contribution is -0.0196. The second-order valence-electron chi connectivity index (χ2n) is 8.50. The molecule has 7 nitrogen and oxygen atoms in total. The van der Waals surface area contributed by atoms with Crippen molar-refractivity contribution in [2.45, 2.75) is 30.9 Å². The number of aromatic nitrogens is 2. The number of carbonyl (C=O) groups excluding carboxylic acids is 1. The van der Waals surface area contributed by atoms with Crippen molar-refractivity contribution >= 4 is 5.91 Å². The zero-order chi connectivity index (χ0) is 21.4. The lowest BCUT2D eigenvalue weighted by Crippen LogP contribution is -2.51. The average Bonchev–Trinajstić information content (AvgIpc) is 3.18. The maximum Gasteiger partial charge on any atom is 0.276 e. The zero-order valence-electron chi connectivity index (χ0n) is 17.5. The molecule has 0 saturated carbocycles. The van der Waals surface area contributed by atoms with Crippen molar-refractivity contribution in [1.29, 1.82) is 0 Å². The normalized spacial score (nSPS) is 20.1. The fourth-order valence-corrected chi connectivity index (χ4v) is 4.55. The molecule has 0 radical (unpaired) electrons. The molecule has 2 aliphatic rings. The van der Waals surface area contributed by atoms with E-state index in [1.54, 1.807) is 0 Å². The van der Waals surface area contributed by atoms with Gasteiger partial charge in [0, 0.05) is 25.1 Å². The minimum Gasteiger partial charge on any atom is -0.504 e.